The van der Waals surface area contributed by atoms with Crippen molar-refractivity contribution in [3.05, 3.63) is 28.1 Å². The number of ether oxygens (including phenoxy) is 1. The molecule has 0 radical (unpaired) electrons. The van der Waals surface area contributed by atoms with E-state index in [0.717, 1.165) is 35.2 Å². The van der Waals surface area contributed by atoms with Gasteiger partial charge in [-0.15, -0.1) is 16.4 Å². The number of hydrogen-bond acceptors (Lipinski definition) is 7. The van der Waals surface area contributed by atoms with Gasteiger partial charge in [-0.25, -0.2) is 4.79 Å². The summed E-state index contributed by atoms with van der Waals surface area (Å²) < 4.78 is 11.5. The standard InChI is InChI=1S/C19H25N3O5S/c1-3-14-7-4-5-10-21(14)18(24)13(2)26-16(23)9-11-22-19(25)27-17(20-22)15-8-6-12-28-15/h6,8,12-14H,3-5,7,9-11H2,1-2H3. The van der Waals surface area contributed by atoms with Crippen molar-refractivity contribution < 1.29 is 18.7 Å². The Morgan fingerprint density at radius 1 is 1.43 bits per heavy atom. The average Bonchev–Trinajstić information content (AvgIpc) is 3.35. The summed E-state index contributed by atoms with van der Waals surface area (Å²) in [6.07, 6.45) is 3.08. The zero-order valence-electron chi connectivity index (χ0n) is 16.1. The normalized spacial score (nSPS) is 18.1. The molecule has 2 unspecified atom stereocenters. The van der Waals surface area contributed by atoms with E-state index in [2.05, 4.69) is 12.0 Å². The molecule has 28 heavy (non-hydrogen) atoms. The molecule has 152 valence electrons. The Morgan fingerprint density at radius 3 is 2.96 bits per heavy atom. The Labute approximate surface area is 167 Å². The summed E-state index contributed by atoms with van der Waals surface area (Å²) in [4.78, 5) is 39.2. The van der Waals surface area contributed by atoms with Crippen LogP contribution in [0.25, 0.3) is 10.8 Å². The maximum Gasteiger partial charge on any atom is 0.437 e. The number of amides is 1. The van der Waals surface area contributed by atoms with Crippen LogP contribution in [-0.2, 0) is 20.9 Å². The van der Waals surface area contributed by atoms with E-state index in [0.29, 0.717) is 6.54 Å². The maximum absolute atomic E-state index is 12.6. The third-order valence-corrected chi connectivity index (χ3v) is 5.76. The van der Waals surface area contributed by atoms with Crippen molar-refractivity contribution in [1.82, 2.24) is 14.7 Å². The first-order valence-electron chi connectivity index (χ1n) is 9.61. The summed E-state index contributed by atoms with van der Waals surface area (Å²) >= 11 is 1.41. The van der Waals surface area contributed by atoms with Crippen LogP contribution in [0.3, 0.4) is 0 Å². The van der Waals surface area contributed by atoms with Crippen molar-refractivity contribution in [2.45, 2.75) is 64.6 Å². The minimum Gasteiger partial charge on any atom is -0.452 e. The van der Waals surface area contributed by atoms with Crippen LogP contribution < -0.4 is 5.76 Å². The molecule has 1 amide bonds. The summed E-state index contributed by atoms with van der Waals surface area (Å²) in [7, 11) is 0. The van der Waals surface area contributed by atoms with E-state index in [9.17, 15) is 14.4 Å². The monoisotopic (exact) mass is 407 g/mol. The van der Waals surface area contributed by atoms with Crippen LogP contribution in [0.1, 0.15) is 46.0 Å². The van der Waals surface area contributed by atoms with Crippen LogP contribution in [0.15, 0.2) is 26.7 Å². The van der Waals surface area contributed by atoms with Gasteiger partial charge in [0.15, 0.2) is 6.10 Å². The number of piperidine rings is 1. The van der Waals surface area contributed by atoms with Gasteiger partial charge in [-0.1, -0.05) is 13.0 Å². The molecule has 1 fully saturated rings. The lowest BCUT2D eigenvalue weighted by Gasteiger charge is -2.36. The lowest BCUT2D eigenvalue weighted by Crippen LogP contribution is -2.48. The van der Waals surface area contributed by atoms with Gasteiger partial charge in [0.2, 0.25) is 0 Å². The van der Waals surface area contributed by atoms with Gasteiger partial charge in [-0.3, -0.25) is 9.59 Å². The van der Waals surface area contributed by atoms with Crippen molar-refractivity contribution >= 4 is 23.2 Å². The van der Waals surface area contributed by atoms with E-state index >= 15 is 0 Å². The summed E-state index contributed by atoms with van der Waals surface area (Å²) in [5.74, 6) is -1.09. The molecule has 2 aromatic rings. The van der Waals surface area contributed by atoms with Crippen LogP contribution in [0.2, 0.25) is 0 Å². The van der Waals surface area contributed by atoms with Crippen molar-refractivity contribution in [2.75, 3.05) is 6.54 Å². The fourth-order valence-electron chi connectivity index (χ4n) is 3.40. The predicted octanol–water partition coefficient (Wildman–Crippen LogP) is 2.68. The molecular formula is C19H25N3O5S. The molecule has 8 nitrogen and oxygen atoms in total. The van der Waals surface area contributed by atoms with Gasteiger partial charge >= 0.3 is 11.7 Å². The SMILES string of the molecule is CCC1CCCCN1C(=O)C(C)OC(=O)CCn1nc(-c2cccs2)oc1=O. The third kappa shape index (κ3) is 4.70. The zero-order chi connectivity index (χ0) is 20.1. The molecule has 0 aromatic carbocycles. The molecule has 2 atom stereocenters. The topological polar surface area (TPSA) is 94.6 Å². The second kappa shape index (κ2) is 9.18. The summed E-state index contributed by atoms with van der Waals surface area (Å²) in [5, 5.41) is 5.95. The van der Waals surface area contributed by atoms with Gasteiger partial charge in [0.25, 0.3) is 11.8 Å². The van der Waals surface area contributed by atoms with E-state index in [-0.39, 0.29) is 30.8 Å². The van der Waals surface area contributed by atoms with E-state index in [1.165, 1.54) is 11.3 Å². The van der Waals surface area contributed by atoms with Crippen molar-refractivity contribution in [2.24, 2.45) is 0 Å². The molecule has 0 spiro atoms. The highest BCUT2D eigenvalue weighted by Crippen LogP contribution is 2.22. The van der Waals surface area contributed by atoms with Crippen LogP contribution in [0.4, 0.5) is 0 Å². The number of hydrogen-bond donors (Lipinski definition) is 0. The maximum atomic E-state index is 12.6. The summed E-state index contributed by atoms with van der Waals surface area (Å²) in [6, 6.07) is 3.85. The predicted molar refractivity (Wildman–Crippen MR) is 104 cm³/mol. The number of thiophene rings is 1. The molecule has 0 aliphatic carbocycles. The highest BCUT2D eigenvalue weighted by molar-refractivity contribution is 7.13. The largest absolute Gasteiger partial charge is 0.452 e. The molecular weight excluding hydrogens is 382 g/mol. The van der Waals surface area contributed by atoms with Crippen molar-refractivity contribution in [3.63, 3.8) is 0 Å². The number of rotatable bonds is 7. The number of esters is 1. The van der Waals surface area contributed by atoms with Gasteiger partial charge < -0.3 is 14.1 Å². The molecule has 1 aliphatic rings. The van der Waals surface area contributed by atoms with Crippen LogP contribution in [0, 0.1) is 0 Å². The Balaban J connectivity index is 1.53. The van der Waals surface area contributed by atoms with Gasteiger partial charge in [0.1, 0.15) is 0 Å². The van der Waals surface area contributed by atoms with E-state index < -0.39 is 17.8 Å². The highest BCUT2D eigenvalue weighted by atomic mass is 32.1. The van der Waals surface area contributed by atoms with E-state index in [1.807, 2.05) is 16.3 Å². The fourth-order valence-corrected chi connectivity index (χ4v) is 4.04. The fraction of sp³-hybridized carbons (Fsp3) is 0.579. The van der Waals surface area contributed by atoms with Crippen molar-refractivity contribution in [1.29, 1.82) is 0 Å². The molecule has 0 saturated carbocycles. The Morgan fingerprint density at radius 2 is 2.25 bits per heavy atom. The van der Waals surface area contributed by atoms with Crippen LogP contribution in [0.5, 0.6) is 0 Å². The third-order valence-electron chi connectivity index (χ3n) is 4.90. The van der Waals surface area contributed by atoms with Gasteiger partial charge in [0.05, 0.1) is 17.8 Å². The Bertz CT molecular complexity index is 857. The second-order valence-electron chi connectivity index (χ2n) is 6.85. The minimum absolute atomic E-state index is 0.0365. The smallest absolute Gasteiger partial charge is 0.437 e. The quantitative estimate of drug-likeness (QED) is 0.655. The number of aryl methyl sites for hydroxylation is 1. The molecule has 2 aromatic heterocycles. The summed E-state index contributed by atoms with van der Waals surface area (Å²) in [6.45, 7) is 4.40. The highest BCUT2D eigenvalue weighted by Gasteiger charge is 2.30. The summed E-state index contributed by atoms with van der Waals surface area (Å²) in [5.41, 5.74) is 0. The minimum atomic E-state index is -0.838. The molecule has 1 aliphatic heterocycles. The number of aromatic nitrogens is 2. The average molecular weight is 407 g/mol. The van der Waals surface area contributed by atoms with Gasteiger partial charge in [-0.2, -0.15) is 4.68 Å². The molecule has 9 heteroatoms. The lowest BCUT2D eigenvalue weighted by molar-refractivity contribution is -0.161. The number of nitrogens with zero attached hydrogens (tertiary/aromatic N) is 3. The first-order chi connectivity index (χ1) is 13.5. The van der Waals surface area contributed by atoms with Gasteiger partial charge in [-0.05, 0) is 44.1 Å². The molecule has 0 bridgehead atoms. The first kappa shape index (κ1) is 20.3. The number of carbonyl (C=O) groups is 2. The zero-order valence-corrected chi connectivity index (χ0v) is 16.9. The Hall–Kier alpha value is -2.42. The first-order valence-corrected chi connectivity index (χ1v) is 10.5. The van der Waals surface area contributed by atoms with E-state index in [4.69, 9.17) is 9.15 Å². The Kier molecular flexibility index (Phi) is 6.66. The van der Waals surface area contributed by atoms with Gasteiger partial charge in [0, 0.05) is 12.6 Å². The van der Waals surface area contributed by atoms with Crippen molar-refractivity contribution in [3.8, 4) is 10.8 Å². The number of likely N-dealkylation sites (tertiary alicyclic amines) is 1. The molecule has 3 rings (SSSR count). The molecule has 1 saturated heterocycles. The molecule has 3 heterocycles. The van der Waals surface area contributed by atoms with Crippen LogP contribution in [-0.4, -0.2) is 45.2 Å². The molecule has 0 N–H and O–H groups in total. The lowest BCUT2D eigenvalue weighted by atomic mass is 9.99. The van der Waals surface area contributed by atoms with Crippen LogP contribution >= 0.6 is 11.3 Å². The second-order valence-corrected chi connectivity index (χ2v) is 7.79. The van der Waals surface area contributed by atoms with E-state index in [1.54, 1.807) is 13.0 Å². The number of carbonyl (C=O) groups excluding carboxylic acids is 2.